The summed E-state index contributed by atoms with van der Waals surface area (Å²) in [6.07, 6.45) is 9.85. The summed E-state index contributed by atoms with van der Waals surface area (Å²) in [4.78, 5) is 24.7. The van der Waals surface area contributed by atoms with Gasteiger partial charge in [-0.15, -0.1) is 0 Å². The van der Waals surface area contributed by atoms with E-state index in [4.69, 9.17) is 0 Å². The lowest BCUT2D eigenvalue weighted by atomic mass is 9.44. The summed E-state index contributed by atoms with van der Waals surface area (Å²) in [7, 11) is 0. The lowest BCUT2D eigenvalue weighted by molar-refractivity contribution is -0.152. The molecule has 4 heteroatoms. The third kappa shape index (κ3) is 3.43. The van der Waals surface area contributed by atoms with Gasteiger partial charge in [-0.25, -0.2) is 0 Å². The van der Waals surface area contributed by atoms with Crippen LogP contribution >= 0.6 is 0 Å². The van der Waals surface area contributed by atoms with Gasteiger partial charge < -0.3 is 10.4 Å². The van der Waals surface area contributed by atoms with Crippen molar-refractivity contribution in [1.82, 2.24) is 5.32 Å². The van der Waals surface area contributed by atoms with Crippen molar-refractivity contribution in [3.63, 3.8) is 0 Å². The van der Waals surface area contributed by atoms with E-state index in [9.17, 15) is 14.7 Å². The van der Waals surface area contributed by atoms with Crippen LogP contribution in [0, 0.1) is 46.3 Å². The summed E-state index contributed by atoms with van der Waals surface area (Å²) >= 11 is 0. The van der Waals surface area contributed by atoms with E-state index in [1.165, 1.54) is 25.7 Å². The number of amides is 1. The quantitative estimate of drug-likeness (QED) is 0.661. The number of carboxylic acid groups (broad SMARTS) is 1. The maximum atomic E-state index is 13.1. The van der Waals surface area contributed by atoms with Gasteiger partial charge in [-0.1, -0.05) is 13.8 Å². The van der Waals surface area contributed by atoms with Crippen molar-refractivity contribution in [2.24, 2.45) is 46.3 Å². The zero-order valence-corrected chi connectivity index (χ0v) is 19.1. The monoisotopic (exact) mass is 403 g/mol. The maximum absolute atomic E-state index is 13.1. The third-order valence-electron chi connectivity index (χ3n) is 9.83. The van der Waals surface area contributed by atoms with Crippen molar-refractivity contribution >= 4 is 11.9 Å². The molecule has 0 spiro atoms. The number of carbonyl (C=O) groups excluding carboxylic acids is 1. The first-order valence-electron chi connectivity index (χ1n) is 12.0. The Hall–Kier alpha value is -1.06. The number of rotatable bonds is 2. The highest BCUT2D eigenvalue weighted by Crippen LogP contribution is 2.67. The van der Waals surface area contributed by atoms with Gasteiger partial charge in [0, 0.05) is 11.5 Å². The first-order valence-corrected chi connectivity index (χ1v) is 12.0. The Kier molecular flexibility index (Phi) is 5.10. The minimum atomic E-state index is -0.589. The van der Waals surface area contributed by atoms with E-state index in [0.29, 0.717) is 17.3 Å². The predicted molar refractivity (Wildman–Crippen MR) is 114 cm³/mol. The van der Waals surface area contributed by atoms with Crippen LogP contribution in [0.5, 0.6) is 0 Å². The first-order chi connectivity index (χ1) is 13.5. The van der Waals surface area contributed by atoms with Crippen LogP contribution in [0.4, 0.5) is 0 Å². The lowest BCUT2D eigenvalue weighted by Gasteiger charge is -2.61. The molecule has 4 rings (SSSR count). The summed E-state index contributed by atoms with van der Waals surface area (Å²) in [6.45, 7) is 11.1. The Labute approximate surface area is 176 Å². The van der Waals surface area contributed by atoms with Crippen molar-refractivity contribution in [3.05, 3.63) is 0 Å². The third-order valence-corrected chi connectivity index (χ3v) is 9.83. The van der Waals surface area contributed by atoms with E-state index >= 15 is 0 Å². The molecule has 29 heavy (non-hydrogen) atoms. The Morgan fingerprint density at radius 2 is 1.55 bits per heavy atom. The van der Waals surface area contributed by atoms with Crippen LogP contribution in [0.3, 0.4) is 0 Å². The minimum absolute atomic E-state index is 0.129. The lowest BCUT2D eigenvalue weighted by Crippen LogP contribution is -2.55. The number of nitrogens with one attached hydrogen (secondary N) is 1. The van der Waals surface area contributed by atoms with Crippen molar-refractivity contribution in [3.8, 4) is 0 Å². The molecule has 2 N–H and O–H groups in total. The molecule has 4 fully saturated rings. The summed E-state index contributed by atoms with van der Waals surface area (Å²) in [5.41, 5.74) is 0.275. The number of carbonyl (C=O) groups is 2. The normalized spacial score (nSPS) is 46.9. The highest BCUT2D eigenvalue weighted by atomic mass is 16.4. The Morgan fingerprint density at radius 3 is 2.21 bits per heavy atom. The number of hydrogen-bond acceptors (Lipinski definition) is 2. The zero-order valence-electron chi connectivity index (χ0n) is 19.1. The van der Waals surface area contributed by atoms with Gasteiger partial charge in [-0.05, 0) is 113 Å². The molecule has 4 aliphatic carbocycles. The molecule has 4 saturated carbocycles. The zero-order chi connectivity index (χ0) is 21.2. The van der Waals surface area contributed by atoms with Gasteiger partial charge >= 0.3 is 5.97 Å². The molecule has 0 saturated heterocycles. The minimum Gasteiger partial charge on any atom is -0.481 e. The van der Waals surface area contributed by atoms with E-state index in [1.807, 2.05) is 0 Å². The smallest absolute Gasteiger partial charge is 0.306 e. The topological polar surface area (TPSA) is 66.4 Å². The van der Waals surface area contributed by atoms with E-state index in [2.05, 4.69) is 39.9 Å². The molecule has 1 unspecified atom stereocenters. The average molecular weight is 404 g/mol. The molecule has 0 aromatic rings. The van der Waals surface area contributed by atoms with Gasteiger partial charge in [0.15, 0.2) is 0 Å². The fourth-order valence-electron chi connectivity index (χ4n) is 8.37. The average Bonchev–Trinajstić information content (AvgIpc) is 2.96. The molecule has 0 radical (unpaired) electrons. The molecule has 4 nitrogen and oxygen atoms in total. The van der Waals surface area contributed by atoms with Gasteiger partial charge in [-0.2, -0.15) is 0 Å². The van der Waals surface area contributed by atoms with E-state index < -0.39 is 5.97 Å². The number of carboxylic acids is 1. The number of hydrogen-bond donors (Lipinski definition) is 2. The van der Waals surface area contributed by atoms with Gasteiger partial charge in [0.2, 0.25) is 5.91 Å². The van der Waals surface area contributed by atoms with Crippen molar-refractivity contribution in [1.29, 1.82) is 0 Å². The second-order valence-corrected chi connectivity index (χ2v) is 12.4. The highest BCUT2D eigenvalue weighted by Gasteiger charge is 2.61. The highest BCUT2D eigenvalue weighted by molar-refractivity contribution is 5.80. The first kappa shape index (κ1) is 21.2. The molecule has 0 heterocycles. The predicted octanol–water partition coefficient (Wildman–Crippen LogP) is 5.26. The van der Waals surface area contributed by atoms with Crippen LogP contribution in [0.15, 0.2) is 0 Å². The largest absolute Gasteiger partial charge is 0.481 e. The SMILES string of the molecule is CC(C)(C)NC(=O)[C@H]1CC[C@H]2[C@@H]3CC[C@H]4CC(C(=O)O)CC[C@]4(C)[C@H]3CC[C@]12C. The fraction of sp³-hybridized carbons (Fsp3) is 0.920. The molecule has 0 aromatic heterocycles. The van der Waals surface area contributed by atoms with E-state index in [1.54, 1.807) is 0 Å². The van der Waals surface area contributed by atoms with Crippen LogP contribution < -0.4 is 5.32 Å². The fourth-order valence-corrected chi connectivity index (χ4v) is 8.37. The van der Waals surface area contributed by atoms with Crippen LogP contribution in [-0.2, 0) is 9.59 Å². The van der Waals surface area contributed by atoms with Crippen LogP contribution in [-0.4, -0.2) is 22.5 Å². The molecular weight excluding hydrogens is 362 g/mol. The van der Waals surface area contributed by atoms with Crippen LogP contribution in [0.1, 0.15) is 92.4 Å². The van der Waals surface area contributed by atoms with Crippen molar-refractivity contribution in [2.75, 3.05) is 0 Å². The summed E-state index contributed by atoms with van der Waals surface area (Å²) in [5, 5.41) is 12.8. The van der Waals surface area contributed by atoms with E-state index in [-0.39, 0.29) is 28.7 Å². The van der Waals surface area contributed by atoms with Crippen molar-refractivity contribution in [2.45, 2.75) is 97.9 Å². The molecule has 1 amide bonds. The summed E-state index contributed by atoms with van der Waals surface area (Å²) in [5.74, 6) is 2.38. The molecular formula is C25H41NO3. The molecule has 8 atom stereocenters. The maximum Gasteiger partial charge on any atom is 0.306 e. The Bertz CT molecular complexity index is 682. The second-order valence-electron chi connectivity index (χ2n) is 12.4. The molecule has 4 aliphatic rings. The van der Waals surface area contributed by atoms with Gasteiger partial charge in [0.1, 0.15) is 0 Å². The Balaban J connectivity index is 1.53. The van der Waals surface area contributed by atoms with Crippen LogP contribution in [0.2, 0.25) is 0 Å². The molecule has 164 valence electrons. The summed E-state index contributed by atoms with van der Waals surface area (Å²) < 4.78 is 0. The van der Waals surface area contributed by atoms with Gasteiger partial charge in [-0.3, -0.25) is 9.59 Å². The number of aliphatic carboxylic acids is 1. The second kappa shape index (κ2) is 6.99. The molecule has 0 aliphatic heterocycles. The molecule has 0 bridgehead atoms. The standard InChI is InChI=1S/C25H41NO3/c1-23(2,3)26-21(27)20-9-8-18-17-7-6-16-14-15(22(28)29)10-12-24(16,4)19(17)11-13-25(18,20)5/h15-20H,6-14H2,1-5H3,(H,26,27)(H,28,29)/t15?,16-,17-,18-,19-,20+,24-,25-/m0/s1. The molecule has 0 aromatic carbocycles. The van der Waals surface area contributed by atoms with Crippen LogP contribution in [0.25, 0.3) is 0 Å². The Morgan fingerprint density at radius 1 is 0.897 bits per heavy atom. The van der Waals surface area contributed by atoms with Crippen molar-refractivity contribution < 1.29 is 14.7 Å². The summed E-state index contributed by atoms with van der Waals surface area (Å²) in [6, 6.07) is 0. The van der Waals surface area contributed by atoms with Gasteiger partial charge in [0.25, 0.3) is 0 Å². The van der Waals surface area contributed by atoms with E-state index in [0.717, 1.165) is 43.9 Å². The van der Waals surface area contributed by atoms with Gasteiger partial charge in [0.05, 0.1) is 5.92 Å². The number of fused-ring (bicyclic) bond motifs is 5.